The molecule has 0 rings (SSSR count). The minimum Gasteiger partial charge on any atom is -0.327 e. The summed E-state index contributed by atoms with van der Waals surface area (Å²) < 4.78 is 0. The van der Waals surface area contributed by atoms with E-state index in [1.165, 1.54) is 16.7 Å². The minimum absolute atomic E-state index is 0.598. The average molecular weight is 221 g/mol. The van der Waals surface area contributed by atoms with Crippen molar-refractivity contribution in [2.45, 2.75) is 47.5 Å². The molecule has 0 bridgehead atoms. The van der Waals surface area contributed by atoms with E-state index < -0.39 is 0 Å². The highest BCUT2D eigenvalue weighted by molar-refractivity contribution is 5.38. The van der Waals surface area contributed by atoms with E-state index in [-0.39, 0.29) is 0 Å². The molecule has 16 heavy (non-hydrogen) atoms. The molecule has 0 heterocycles. The molecule has 0 aromatic rings. The summed E-state index contributed by atoms with van der Waals surface area (Å²) in [5, 5.41) is 0. The summed E-state index contributed by atoms with van der Waals surface area (Å²) in [4.78, 5) is 0. The van der Waals surface area contributed by atoms with Crippen molar-refractivity contribution < 1.29 is 0 Å². The van der Waals surface area contributed by atoms with Crippen molar-refractivity contribution in [1.82, 2.24) is 0 Å². The Morgan fingerprint density at radius 3 is 2.25 bits per heavy atom. The van der Waals surface area contributed by atoms with Gasteiger partial charge in [-0.15, -0.1) is 0 Å². The van der Waals surface area contributed by atoms with Crippen LogP contribution in [0.3, 0.4) is 0 Å². The van der Waals surface area contributed by atoms with E-state index >= 15 is 0 Å². The highest BCUT2D eigenvalue weighted by atomic mass is 14.5. The second-order valence-electron chi connectivity index (χ2n) is 4.47. The molecule has 92 valence electrons. The van der Waals surface area contributed by atoms with Gasteiger partial charge in [-0.05, 0) is 36.8 Å². The Morgan fingerprint density at radius 1 is 1.25 bits per heavy atom. The van der Waals surface area contributed by atoms with Crippen LogP contribution in [-0.2, 0) is 0 Å². The summed E-state index contributed by atoms with van der Waals surface area (Å²) in [6.45, 7) is 11.6. The molecule has 0 aromatic heterocycles. The summed E-state index contributed by atoms with van der Waals surface area (Å²) in [5.41, 5.74) is 9.84. The smallest absolute Gasteiger partial charge is 0.0145 e. The van der Waals surface area contributed by atoms with E-state index in [2.05, 4.69) is 52.8 Å². The highest BCUT2D eigenvalue weighted by Crippen LogP contribution is 2.17. The molecule has 0 spiro atoms. The Hall–Kier alpha value is -0.820. The normalized spacial score (nSPS) is 14.8. The third kappa shape index (κ3) is 5.32. The van der Waals surface area contributed by atoms with Crippen LogP contribution in [0.2, 0.25) is 0 Å². The van der Waals surface area contributed by atoms with Crippen LogP contribution in [-0.4, -0.2) is 6.54 Å². The maximum absolute atomic E-state index is 5.79. The maximum Gasteiger partial charge on any atom is 0.0145 e. The average Bonchev–Trinajstić information content (AvgIpc) is 2.26. The monoisotopic (exact) mass is 221 g/mol. The van der Waals surface area contributed by atoms with Crippen LogP contribution in [0.25, 0.3) is 0 Å². The van der Waals surface area contributed by atoms with E-state index in [9.17, 15) is 0 Å². The zero-order valence-electron chi connectivity index (χ0n) is 11.5. The molecule has 2 N–H and O–H groups in total. The van der Waals surface area contributed by atoms with Crippen molar-refractivity contribution in [1.29, 1.82) is 0 Å². The lowest BCUT2D eigenvalue weighted by atomic mass is 9.98. The van der Waals surface area contributed by atoms with Gasteiger partial charge < -0.3 is 5.73 Å². The molecule has 0 aromatic carbocycles. The topological polar surface area (TPSA) is 26.0 Å². The van der Waals surface area contributed by atoms with Crippen LogP contribution < -0.4 is 5.73 Å². The van der Waals surface area contributed by atoms with Gasteiger partial charge in [0.15, 0.2) is 0 Å². The molecule has 0 unspecified atom stereocenters. The second-order valence-corrected chi connectivity index (χ2v) is 4.47. The molecule has 0 atom stereocenters. The second kappa shape index (κ2) is 8.35. The standard InChI is InChI=1S/C15H27N/c1-6-8-9-15(14(7-2)11-16)10-13(5)12(3)4/h8-10,12H,6-7,11,16H2,1-5H3/b9-8-,13-10+,15-14+. The first-order valence-electron chi connectivity index (χ1n) is 6.33. The van der Waals surface area contributed by atoms with Crippen molar-refractivity contribution >= 4 is 0 Å². The highest BCUT2D eigenvalue weighted by Gasteiger charge is 2.01. The number of hydrogen-bond acceptors (Lipinski definition) is 1. The molecule has 0 amide bonds. The molecular weight excluding hydrogens is 194 g/mol. The van der Waals surface area contributed by atoms with Crippen molar-refractivity contribution in [3.05, 3.63) is 34.9 Å². The van der Waals surface area contributed by atoms with Gasteiger partial charge in [0.2, 0.25) is 0 Å². The lowest BCUT2D eigenvalue weighted by molar-refractivity contribution is 0.768. The predicted octanol–water partition coefficient (Wildman–Crippen LogP) is 4.22. The van der Waals surface area contributed by atoms with Gasteiger partial charge in [-0.3, -0.25) is 0 Å². The zero-order chi connectivity index (χ0) is 12.6. The number of rotatable bonds is 6. The molecular formula is C15H27N. The van der Waals surface area contributed by atoms with Gasteiger partial charge in [0.1, 0.15) is 0 Å². The predicted molar refractivity (Wildman–Crippen MR) is 74.4 cm³/mol. The van der Waals surface area contributed by atoms with Gasteiger partial charge in [0.05, 0.1) is 0 Å². The number of allylic oxidation sites excluding steroid dienone is 5. The van der Waals surface area contributed by atoms with Crippen LogP contribution >= 0.6 is 0 Å². The van der Waals surface area contributed by atoms with Crippen LogP contribution in [0.15, 0.2) is 34.9 Å². The van der Waals surface area contributed by atoms with Gasteiger partial charge in [0, 0.05) is 6.54 Å². The first-order valence-corrected chi connectivity index (χ1v) is 6.33. The van der Waals surface area contributed by atoms with Crippen molar-refractivity contribution in [2.24, 2.45) is 11.7 Å². The fraction of sp³-hybridized carbons (Fsp3) is 0.600. The molecule has 0 fully saturated rings. The number of nitrogens with two attached hydrogens (primary N) is 1. The maximum atomic E-state index is 5.79. The summed E-state index contributed by atoms with van der Waals surface area (Å²) in [6.07, 6.45) is 8.78. The van der Waals surface area contributed by atoms with Crippen LogP contribution in [0.1, 0.15) is 47.5 Å². The Bertz CT molecular complexity index is 274. The van der Waals surface area contributed by atoms with Crippen LogP contribution in [0.4, 0.5) is 0 Å². The van der Waals surface area contributed by atoms with Crippen molar-refractivity contribution in [3.63, 3.8) is 0 Å². The molecule has 0 aliphatic rings. The molecule has 1 heteroatoms. The minimum atomic E-state index is 0.598. The van der Waals surface area contributed by atoms with E-state index in [1.54, 1.807) is 0 Å². The van der Waals surface area contributed by atoms with E-state index in [4.69, 9.17) is 5.73 Å². The van der Waals surface area contributed by atoms with Gasteiger partial charge >= 0.3 is 0 Å². The Kier molecular flexibility index (Phi) is 7.92. The zero-order valence-corrected chi connectivity index (χ0v) is 11.5. The van der Waals surface area contributed by atoms with Gasteiger partial charge in [-0.25, -0.2) is 0 Å². The van der Waals surface area contributed by atoms with Gasteiger partial charge in [-0.2, -0.15) is 0 Å². The molecule has 0 radical (unpaired) electrons. The van der Waals surface area contributed by atoms with Crippen molar-refractivity contribution in [3.8, 4) is 0 Å². The summed E-state index contributed by atoms with van der Waals surface area (Å²) in [7, 11) is 0. The molecule has 0 aliphatic heterocycles. The van der Waals surface area contributed by atoms with Crippen molar-refractivity contribution in [2.75, 3.05) is 6.54 Å². The first kappa shape index (κ1) is 15.2. The third-order valence-corrected chi connectivity index (χ3v) is 2.91. The van der Waals surface area contributed by atoms with E-state index in [0.717, 1.165) is 12.8 Å². The molecule has 0 saturated carbocycles. The summed E-state index contributed by atoms with van der Waals surface area (Å²) in [5.74, 6) is 0.598. The molecule has 1 nitrogen and oxygen atoms in total. The summed E-state index contributed by atoms with van der Waals surface area (Å²) >= 11 is 0. The molecule has 0 saturated heterocycles. The fourth-order valence-corrected chi connectivity index (χ4v) is 1.39. The third-order valence-electron chi connectivity index (χ3n) is 2.91. The van der Waals surface area contributed by atoms with Crippen LogP contribution in [0, 0.1) is 5.92 Å². The lowest BCUT2D eigenvalue weighted by Crippen LogP contribution is -2.05. The van der Waals surface area contributed by atoms with Crippen LogP contribution in [0.5, 0.6) is 0 Å². The molecule has 0 aliphatic carbocycles. The lowest BCUT2D eigenvalue weighted by Gasteiger charge is -2.09. The van der Waals surface area contributed by atoms with E-state index in [0.29, 0.717) is 12.5 Å². The Labute approximate surface area is 101 Å². The Balaban J connectivity index is 5.17. The summed E-state index contributed by atoms with van der Waals surface area (Å²) in [6, 6.07) is 0. The number of hydrogen-bond donors (Lipinski definition) is 1. The largest absolute Gasteiger partial charge is 0.327 e. The first-order chi connectivity index (χ1) is 7.56. The van der Waals surface area contributed by atoms with Gasteiger partial charge in [-0.1, -0.05) is 51.5 Å². The fourth-order valence-electron chi connectivity index (χ4n) is 1.39. The van der Waals surface area contributed by atoms with E-state index in [1.807, 2.05) is 0 Å². The Morgan fingerprint density at radius 2 is 1.88 bits per heavy atom. The quantitative estimate of drug-likeness (QED) is 0.668. The van der Waals surface area contributed by atoms with Gasteiger partial charge in [0.25, 0.3) is 0 Å². The SMILES string of the molecule is CC\C=C/C(/C=C(\C)C(C)C)=C(/CC)CN.